The highest BCUT2D eigenvalue weighted by Crippen LogP contribution is 2.40. The summed E-state index contributed by atoms with van der Waals surface area (Å²) in [7, 11) is 1.63. The van der Waals surface area contributed by atoms with Crippen molar-refractivity contribution < 1.29 is 14.6 Å². The molecule has 2 unspecified atom stereocenters. The monoisotopic (exact) mass is 342 g/mol. The van der Waals surface area contributed by atoms with Gasteiger partial charge in [0.1, 0.15) is 6.10 Å². The maximum atomic E-state index is 9.26. The molecule has 3 nitrogen and oxygen atoms in total. The second-order valence-electron chi connectivity index (χ2n) is 5.38. The van der Waals surface area contributed by atoms with Crippen molar-refractivity contribution in [3.8, 4) is 11.5 Å². The molecule has 0 heterocycles. The van der Waals surface area contributed by atoms with Gasteiger partial charge >= 0.3 is 0 Å². The van der Waals surface area contributed by atoms with Crippen molar-refractivity contribution in [2.45, 2.75) is 51.7 Å². The van der Waals surface area contributed by atoms with Crippen LogP contribution in [-0.4, -0.2) is 18.3 Å². The maximum absolute atomic E-state index is 9.26. The summed E-state index contributed by atoms with van der Waals surface area (Å²) >= 11 is 3.53. The smallest absolute Gasteiger partial charge is 0.175 e. The number of aliphatic hydroxyl groups is 1. The van der Waals surface area contributed by atoms with Gasteiger partial charge in [0.2, 0.25) is 0 Å². The molecule has 0 radical (unpaired) electrons. The molecule has 0 spiro atoms. The molecule has 1 aromatic rings. The van der Waals surface area contributed by atoms with Gasteiger partial charge in [-0.3, -0.25) is 0 Å². The Kier molecular flexibility index (Phi) is 5.73. The van der Waals surface area contributed by atoms with Gasteiger partial charge in [0.05, 0.1) is 18.2 Å². The lowest BCUT2D eigenvalue weighted by atomic mass is 9.85. The van der Waals surface area contributed by atoms with Gasteiger partial charge in [-0.2, -0.15) is 0 Å². The molecule has 0 amide bonds. The predicted octanol–water partition coefficient (Wildman–Crippen LogP) is 4.30. The highest BCUT2D eigenvalue weighted by atomic mass is 79.9. The fraction of sp³-hybridized carbons (Fsp3) is 0.625. The van der Waals surface area contributed by atoms with Crippen LogP contribution in [0.25, 0.3) is 0 Å². The van der Waals surface area contributed by atoms with Crippen molar-refractivity contribution in [2.24, 2.45) is 5.92 Å². The van der Waals surface area contributed by atoms with E-state index in [2.05, 4.69) is 22.9 Å². The van der Waals surface area contributed by atoms with Gasteiger partial charge in [0.15, 0.2) is 11.5 Å². The van der Waals surface area contributed by atoms with Crippen LogP contribution in [-0.2, 0) is 6.61 Å². The number of methoxy groups -OCH3 is 1. The fourth-order valence-corrected chi connectivity index (χ4v) is 3.51. The molecule has 112 valence electrons. The van der Waals surface area contributed by atoms with E-state index >= 15 is 0 Å². The zero-order valence-corrected chi connectivity index (χ0v) is 13.8. The molecule has 20 heavy (non-hydrogen) atoms. The van der Waals surface area contributed by atoms with Gasteiger partial charge in [0.25, 0.3) is 0 Å². The van der Waals surface area contributed by atoms with Crippen LogP contribution in [0.15, 0.2) is 16.6 Å². The summed E-state index contributed by atoms with van der Waals surface area (Å²) in [4.78, 5) is 0. The Morgan fingerprint density at radius 1 is 1.30 bits per heavy atom. The maximum Gasteiger partial charge on any atom is 0.175 e. The first-order valence-electron chi connectivity index (χ1n) is 7.33. The number of aliphatic hydroxyl groups excluding tert-OH is 1. The Morgan fingerprint density at radius 3 is 2.70 bits per heavy atom. The zero-order chi connectivity index (χ0) is 14.5. The summed E-state index contributed by atoms with van der Waals surface area (Å²) in [5.41, 5.74) is 0.816. The molecule has 4 heteroatoms. The molecule has 0 saturated heterocycles. The first-order valence-corrected chi connectivity index (χ1v) is 8.12. The molecule has 1 aromatic carbocycles. The second-order valence-corrected chi connectivity index (χ2v) is 6.23. The van der Waals surface area contributed by atoms with E-state index in [0.29, 0.717) is 11.7 Å². The summed E-state index contributed by atoms with van der Waals surface area (Å²) < 4.78 is 12.5. The van der Waals surface area contributed by atoms with Crippen LogP contribution >= 0.6 is 15.9 Å². The lowest BCUT2D eigenvalue weighted by Gasteiger charge is -2.32. The van der Waals surface area contributed by atoms with Crippen LogP contribution in [0.2, 0.25) is 0 Å². The third-order valence-electron chi connectivity index (χ3n) is 4.10. The van der Waals surface area contributed by atoms with Crippen molar-refractivity contribution in [1.29, 1.82) is 0 Å². The van der Waals surface area contributed by atoms with Crippen molar-refractivity contribution in [2.75, 3.05) is 7.11 Å². The minimum atomic E-state index is -0.00372. The number of hydrogen-bond acceptors (Lipinski definition) is 3. The van der Waals surface area contributed by atoms with Gasteiger partial charge in [-0.15, -0.1) is 0 Å². The lowest BCUT2D eigenvalue weighted by Crippen LogP contribution is -2.30. The third-order valence-corrected chi connectivity index (χ3v) is 4.69. The minimum absolute atomic E-state index is 0.00372. The number of rotatable bonds is 5. The van der Waals surface area contributed by atoms with Crippen molar-refractivity contribution in [1.82, 2.24) is 0 Å². The summed E-state index contributed by atoms with van der Waals surface area (Å²) in [6.45, 7) is 2.23. The van der Waals surface area contributed by atoms with Gasteiger partial charge < -0.3 is 14.6 Å². The summed E-state index contributed by atoms with van der Waals surface area (Å²) in [5, 5.41) is 9.26. The van der Waals surface area contributed by atoms with Gasteiger partial charge in [0, 0.05) is 0 Å². The zero-order valence-electron chi connectivity index (χ0n) is 12.2. The minimum Gasteiger partial charge on any atom is -0.493 e. The van der Waals surface area contributed by atoms with Gasteiger partial charge in [-0.05, 0) is 65.2 Å². The topological polar surface area (TPSA) is 38.7 Å². The van der Waals surface area contributed by atoms with E-state index in [9.17, 15) is 5.11 Å². The Hall–Kier alpha value is -0.740. The summed E-state index contributed by atoms with van der Waals surface area (Å²) in [5.74, 6) is 2.07. The third kappa shape index (κ3) is 3.47. The highest BCUT2D eigenvalue weighted by Gasteiger charge is 2.27. The molecule has 1 N–H and O–H groups in total. The van der Waals surface area contributed by atoms with Crippen LogP contribution in [0.3, 0.4) is 0 Å². The molecule has 1 saturated carbocycles. The molecule has 0 aromatic heterocycles. The van der Waals surface area contributed by atoms with E-state index in [1.807, 2.05) is 12.1 Å². The van der Waals surface area contributed by atoms with Crippen LogP contribution in [0.5, 0.6) is 11.5 Å². The van der Waals surface area contributed by atoms with E-state index in [0.717, 1.165) is 28.6 Å². The van der Waals surface area contributed by atoms with E-state index in [1.54, 1.807) is 7.11 Å². The quantitative estimate of drug-likeness (QED) is 0.866. The SMILES string of the molecule is CCC1CCCCC1Oc1c(Br)cc(CO)cc1OC. The highest BCUT2D eigenvalue weighted by molar-refractivity contribution is 9.10. The van der Waals surface area contributed by atoms with Gasteiger partial charge in [-0.25, -0.2) is 0 Å². The average Bonchev–Trinajstić information content (AvgIpc) is 2.49. The molecular formula is C16H23BrO3. The normalized spacial score (nSPS) is 22.6. The molecule has 0 bridgehead atoms. The van der Waals surface area contributed by atoms with E-state index in [1.165, 1.54) is 19.3 Å². The molecule has 1 aliphatic carbocycles. The first-order chi connectivity index (χ1) is 9.69. The Morgan fingerprint density at radius 2 is 2.05 bits per heavy atom. The Bertz CT molecular complexity index is 448. The Balaban J connectivity index is 2.23. The van der Waals surface area contributed by atoms with Gasteiger partial charge in [-0.1, -0.05) is 13.3 Å². The van der Waals surface area contributed by atoms with E-state index in [4.69, 9.17) is 9.47 Å². The van der Waals surface area contributed by atoms with Crippen LogP contribution in [0.1, 0.15) is 44.6 Å². The molecular weight excluding hydrogens is 320 g/mol. The average molecular weight is 343 g/mol. The molecule has 1 aliphatic rings. The Labute approximate surface area is 129 Å². The molecule has 0 aliphatic heterocycles. The standard InChI is InChI=1S/C16H23BrO3/c1-3-12-6-4-5-7-14(12)20-16-13(17)8-11(10-18)9-15(16)19-2/h8-9,12,14,18H,3-7,10H2,1-2H3. The molecule has 1 fully saturated rings. The number of ether oxygens (including phenoxy) is 2. The number of halogens is 1. The van der Waals surface area contributed by atoms with E-state index < -0.39 is 0 Å². The van der Waals surface area contributed by atoms with Crippen LogP contribution < -0.4 is 9.47 Å². The van der Waals surface area contributed by atoms with Crippen molar-refractivity contribution in [3.63, 3.8) is 0 Å². The molecule has 2 atom stereocenters. The van der Waals surface area contributed by atoms with Crippen LogP contribution in [0, 0.1) is 5.92 Å². The first kappa shape index (κ1) is 15.6. The van der Waals surface area contributed by atoms with Crippen molar-refractivity contribution in [3.05, 3.63) is 22.2 Å². The van der Waals surface area contributed by atoms with E-state index in [-0.39, 0.29) is 12.7 Å². The number of benzene rings is 1. The fourth-order valence-electron chi connectivity index (χ4n) is 2.93. The second kappa shape index (κ2) is 7.32. The van der Waals surface area contributed by atoms with Crippen molar-refractivity contribution >= 4 is 15.9 Å². The molecule has 2 rings (SSSR count). The lowest BCUT2D eigenvalue weighted by molar-refractivity contribution is 0.0865. The summed E-state index contributed by atoms with van der Waals surface area (Å²) in [6.07, 6.45) is 6.31. The largest absolute Gasteiger partial charge is 0.493 e. The van der Waals surface area contributed by atoms with Crippen LogP contribution in [0.4, 0.5) is 0 Å². The number of hydrogen-bond donors (Lipinski definition) is 1. The predicted molar refractivity (Wildman–Crippen MR) is 83.3 cm³/mol. The summed E-state index contributed by atoms with van der Waals surface area (Å²) in [6, 6.07) is 3.73.